The van der Waals surface area contributed by atoms with Gasteiger partial charge in [-0.25, -0.2) is 0 Å². The van der Waals surface area contributed by atoms with Crippen molar-refractivity contribution in [1.29, 1.82) is 0 Å². The number of aliphatic carboxylic acids is 1. The van der Waals surface area contributed by atoms with Gasteiger partial charge < -0.3 is 10.0 Å². The quantitative estimate of drug-likeness (QED) is 0.917. The van der Waals surface area contributed by atoms with Gasteiger partial charge in [0, 0.05) is 13.6 Å². The van der Waals surface area contributed by atoms with Gasteiger partial charge in [-0.05, 0) is 17.9 Å². The Morgan fingerprint density at radius 1 is 1.30 bits per heavy atom. The lowest BCUT2D eigenvalue weighted by molar-refractivity contribution is -0.141. The van der Waals surface area contributed by atoms with Crippen molar-refractivity contribution < 1.29 is 14.7 Å². The summed E-state index contributed by atoms with van der Waals surface area (Å²) in [6.07, 6.45) is 0. The van der Waals surface area contributed by atoms with Crippen LogP contribution in [0.25, 0.3) is 0 Å². The SMILES string of the molecule is Cc1cccc(CN(C)C(=O)C2C(C(=O)O)C2(C)C)c1. The van der Waals surface area contributed by atoms with E-state index in [1.54, 1.807) is 11.9 Å². The third kappa shape index (κ3) is 2.55. The maximum Gasteiger partial charge on any atom is 0.307 e. The predicted octanol–water partition coefficient (Wildman–Crippen LogP) is 2.31. The van der Waals surface area contributed by atoms with Crippen LogP contribution in [-0.4, -0.2) is 28.9 Å². The molecular weight excluding hydrogens is 254 g/mol. The van der Waals surface area contributed by atoms with E-state index in [1.807, 2.05) is 45.0 Å². The maximum atomic E-state index is 12.4. The first-order valence-electron chi connectivity index (χ1n) is 6.78. The first kappa shape index (κ1) is 14.6. The lowest BCUT2D eigenvalue weighted by Crippen LogP contribution is -2.29. The lowest BCUT2D eigenvalue weighted by Gasteiger charge is -2.18. The number of hydrogen-bond acceptors (Lipinski definition) is 2. The molecule has 1 aromatic carbocycles. The van der Waals surface area contributed by atoms with E-state index < -0.39 is 23.2 Å². The number of benzene rings is 1. The molecule has 2 unspecified atom stereocenters. The molecule has 1 aliphatic rings. The standard InChI is InChI=1S/C16H21NO3/c1-10-6-5-7-11(8-10)9-17(4)14(18)12-13(15(19)20)16(12,2)3/h5-8,12-13H,9H2,1-4H3,(H,19,20). The van der Waals surface area contributed by atoms with Crippen LogP contribution < -0.4 is 0 Å². The van der Waals surface area contributed by atoms with Gasteiger partial charge in [0.2, 0.25) is 5.91 Å². The molecule has 20 heavy (non-hydrogen) atoms. The van der Waals surface area contributed by atoms with E-state index in [9.17, 15) is 9.59 Å². The minimum Gasteiger partial charge on any atom is -0.481 e. The van der Waals surface area contributed by atoms with Crippen molar-refractivity contribution in [1.82, 2.24) is 4.90 Å². The van der Waals surface area contributed by atoms with Crippen molar-refractivity contribution in [3.63, 3.8) is 0 Å². The van der Waals surface area contributed by atoms with Crippen LogP contribution in [0.2, 0.25) is 0 Å². The number of aryl methyl sites for hydroxylation is 1. The molecule has 2 rings (SSSR count). The molecule has 1 aromatic rings. The van der Waals surface area contributed by atoms with E-state index in [-0.39, 0.29) is 5.91 Å². The monoisotopic (exact) mass is 275 g/mol. The number of carboxylic acid groups (broad SMARTS) is 1. The Balaban J connectivity index is 2.05. The summed E-state index contributed by atoms with van der Waals surface area (Å²) in [5, 5.41) is 9.15. The van der Waals surface area contributed by atoms with Gasteiger partial charge in [-0.15, -0.1) is 0 Å². The van der Waals surface area contributed by atoms with Crippen molar-refractivity contribution in [3.05, 3.63) is 35.4 Å². The zero-order valence-corrected chi connectivity index (χ0v) is 12.4. The van der Waals surface area contributed by atoms with Crippen LogP contribution in [-0.2, 0) is 16.1 Å². The second-order valence-electron chi connectivity index (χ2n) is 6.30. The van der Waals surface area contributed by atoms with E-state index in [1.165, 1.54) is 0 Å². The summed E-state index contributed by atoms with van der Waals surface area (Å²) in [5.74, 6) is -1.93. The molecule has 0 aliphatic heterocycles. The summed E-state index contributed by atoms with van der Waals surface area (Å²) >= 11 is 0. The van der Waals surface area contributed by atoms with Crippen LogP contribution in [0.1, 0.15) is 25.0 Å². The van der Waals surface area contributed by atoms with Crippen molar-refractivity contribution in [2.75, 3.05) is 7.05 Å². The zero-order valence-electron chi connectivity index (χ0n) is 12.4. The minimum absolute atomic E-state index is 0.0797. The molecule has 2 atom stereocenters. The van der Waals surface area contributed by atoms with Gasteiger partial charge in [0.15, 0.2) is 0 Å². The smallest absolute Gasteiger partial charge is 0.307 e. The van der Waals surface area contributed by atoms with Gasteiger partial charge in [0.05, 0.1) is 11.8 Å². The lowest BCUT2D eigenvalue weighted by atomic mass is 10.1. The molecular formula is C16H21NO3. The fourth-order valence-corrected chi connectivity index (χ4v) is 2.96. The summed E-state index contributed by atoms with van der Waals surface area (Å²) in [4.78, 5) is 25.2. The molecule has 0 heterocycles. The molecule has 1 saturated carbocycles. The maximum absolute atomic E-state index is 12.4. The number of rotatable bonds is 4. The number of carbonyl (C=O) groups excluding carboxylic acids is 1. The average Bonchev–Trinajstić information content (AvgIpc) is 2.91. The molecule has 1 N–H and O–H groups in total. The van der Waals surface area contributed by atoms with E-state index in [4.69, 9.17) is 5.11 Å². The molecule has 0 saturated heterocycles. The van der Waals surface area contributed by atoms with E-state index >= 15 is 0 Å². The Kier molecular flexibility index (Phi) is 3.59. The highest BCUT2D eigenvalue weighted by Crippen LogP contribution is 2.58. The summed E-state index contributed by atoms with van der Waals surface area (Å²) in [7, 11) is 1.73. The van der Waals surface area contributed by atoms with Crippen LogP contribution in [0.5, 0.6) is 0 Å². The highest BCUT2D eigenvalue weighted by molar-refractivity contribution is 5.91. The van der Waals surface area contributed by atoms with E-state index in [0.29, 0.717) is 6.54 Å². The highest BCUT2D eigenvalue weighted by atomic mass is 16.4. The molecule has 1 aliphatic carbocycles. The Labute approximate surface area is 119 Å². The Morgan fingerprint density at radius 2 is 1.95 bits per heavy atom. The normalized spacial score (nSPS) is 23.2. The zero-order chi connectivity index (χ0) is 15.1. The first-order chi connectivity index (χ1) is 9.25. The fraction of sp³-hybridized carbons (Fsp3) is 0.500. The van der Waals surface area contributed by atoms with Gasteiger partial charge in [0.25, 0.3) is 0 Å². The van der Waals surface area contributed by atoms with E-state index in [2.05, 4.69) is 0 Å². The van der Waals surface area contributed by atoms with Crippen LogP contribution >= 0.6 is 0 Å². The molecule has 108 valence electrons. The Morgan fingerprint density at radius 3 is 2.45 bits per heavy atom. The van der Waals surface area contributed by atoms with Gasteiger partial charge >= 0.3 is 5.97 Å². The number of carbonyl (C=O) groups is 2. The third-order valence-corrected chi connectivity index (χ3v) is 4.24. The second kappa shape index (κ2) is 4.93. The largest absolute Gasteiger partial charge is 0.481 e. The summed E-state index contributed by atoms with van der Waals surface area (Å²) in [5.41, 5.74) is 1.77. The average molecular weight is 275 g/mol. The van der Waals surface area contributed by atoms with Gasteiger partial charge in [0.1, 0.15) is 0 Å². The number of hydrogen-bond donors (Lipinski definition) is 1. The van der Waals surface area contributed by atoms with Crippen molar-refractivity contribution >= 4 is 11.9 Å². The fourth-order valence-electron chi connectivity index (χ4n) is 2.96. The summed E-state index contributed by atoms with van der Waals surface area (Å²) in [6.45, 7) is 6.21. The Hall–Kier alpha value is -1.84. The molecule has 1 amide bonds. The second-order valence-corrected chi connectivity index (χ2v) is 6.30. The van der Waals surface area contributed by atoms with E-state index in [0.717, 1.165) is 11.1 Å². The van der Waals surface area contributed by atoms with Gasteiger partial charge in [-0.1, -0.05) is 43.7 Å². The molecule has 4 nitrogen and oxygen atoms in total. The van der Waals surface area contributed by atoms with Crippen LogP contribution in [0, 0.1) is 24.2 Å². The highest BCUT2D eigenvalue weighted by Gasteiger charge is 2.66. The number of amides is 1. The molecule has 0 bridgehead atoms. The summed E-state index contributed by atoms with van der Waals surface area (Å²) < 4.78 is 0. The van der Waals surface area contributed by atoms with Gasteiger partial charge in [-0.3, -0.25) is 9.59 Å². The van der Waals surface area contributed by atoms with Crippen molar-refractivity contribution in [2.24, 2.45) is 17.3 Å². The van der Waals surface area contributed by atoms with Crippen molar-refractivity contribution in [2.45, 2.75) is 27.3 Å². The predicted molar refractivity (Wildman–Crippen MR) is 76.0 cm³/mol. The molecule has 1 fully saturated rings. The molecule has 4 heteroatoms. The topological polar surface area (TPSA) is 57.6 Å². The number of carboxylic acids is 1. The molecule has 0 radical (unpaired) electrons. The van der Waals surface area contributed by atoms with Crippen LogP contribution in [0.15, 0.2) is 24.3 Å². The summed E-state index contributed by atoms with van der Waals surface area (Å²) in [6, 6.07) is 7.99. The minimum atomic E-state index is -0.877. The first-order valence-corrected chi connectivity index (χ1v) is 6.78. The van der Waals surface area contributed by atoms with Crippen LogP contribution in [0.3, 0.4) is 0 Å². The Bertz CT molecular complexity index is 550. The van der Waals surface area contributed by atoms with Crippen LogP contribution in [0.4, 0.5) is 0 Å². The van der Waals surface area contributed by atoms with Gasteiger partial charge in [-0.2, -0.15) is 0 Å². The van der Waals surface area contributed by atoms with Crippen molar-refractivity contribution in [3.8, 4) is 0 Å². The third-order valence-electron chi connectivity index (χ3n) is 4.24. The molecule has 0 spiro atoms. The molecule has 0 aromatic heterocycles. The number of nitrogens with zero attached hydrogens (tertiary/aromatic N) is 1.